The molecule has 2 rings (SSSR count). The molecule has 20 heavy (non-hydrogen) atoms. The molecule has 0 unspecified atom stereocenters. The summed E-state index contributed by atoms with van der Waals surface area (Å²) < 4.78 is 26.2. The second-order valence-corrected chi connectivity index (χ2v) is 6.62. The second-order valence-electron chi connectivity index (χ2n) is 3.76. The van der Waals surface area contributed by atoms with Gasteiger partial charge in [0.05, 0.1) is 17.4 Å². The first-order valence-corrected chi connectivity index (χ1v) is 7.51. The van der Waals surface area contributed by atoms with Gasteiger partial charge in [-0.05, 0) is 13.0 Å². The standard InChI is InChI=1S/C10H9N3O5S2/c1-5-9(19-10(16)12-5)20(17,18)13-7-4-11-3-2-6(7)8(14)15/h2-4,13H,1H3,(H,12,16)(H,14,15). The Hall–Kier alpha value is -2.20. The Bertz CT molecular complexity index is 821. The van der Waals surface area contributed by atoms with Gasteiger partial charge in [-0.15, -0.1) is 0 Å². The number of pyridine rings is 1. The molecular weight excluding hydrogens is 306 g/mol. The van der Waals surface area contributed by atoms with Crippen molar-refractivity contribution in [1.82, 2.24) is 9.97 Å². The van der Waals surface area contributed by atoms with E-state index in [-0.39, 0.29) is 21.2 Å². The quantitative estimate of drug-likeness (QED) is 0.759. The Morgan fingerprint density at radius 2 is 2.20 bits per heavy atom. The van der Waals surface area contributed by atoms with E-state index in [0.717, 1.165) is 6.20 Å². The van der Waals surface area contributed by atoms with Gasteiger partial charge in [0.15, 0.2) is 4.21 Å². The van der Waals surface area contributed by atoms with E-state index in [4.69, 9.17) is 5.11 Å². The SMILES string of the molecule is Cc1[nH]c(=O)sc1S(=O)(=O)Nc1cnccc1C(=O)O. The number of H-pyrrole nitrogens is 1. The second kappa shape index (κ2) is 5.06. The van der Waals surface area contributed by atoms with Crippen molar-refractivity contribution in [3.05, 3.63) is 39.4 Å². The number of thiazole rings is 1. The Kier molecular flexibility index (Phi) is 3.59. The molecule has 2 aromatic heterocycles. The predicted molar refractivity (Wildman–Crippen MR) is 71.7 cm³/mol. The molecule has 0 fully saturated rings. The lowest BCUT2D eigenvalue weighted by Gasteiger charge is -2.08. The van der Waals surface area contributed by atoms with Gasteiger partial charge in [0.1, 0.15) is 0 Å². The number of aromatic nitrogens is 2. The van der Waals surface area contributed by atoms with Crippen LogP contribution in [0.25, 0.3) is 0 Å². The number of aromatic carboxylic acids is 1. The van der Waals surface area contributed by atoms with Gasteiger partial charge in [0, 0.05) is 11.9 Å². The van der Waals surface area contributed by atoms with Crippen LogP contribution in [-0.4, -0.2) is 29.5 Å². The van der Waals surface area contributed by atoms with Crippen LogP contribution in [0.5, 0.6) is 0 Å². The molecule has 0 saturated carbocycles. The molecule has 0 saturated heterocycles. The maximum absolute atomic E-state index is 12.1. The highest BCUT2D eigenvalue weighted by Crippen LogP contribution is 2.22. The minimum absolute atomic E-state index is 0.166. The van der Waals surface area contributed by atoms with Crippen molar-refractivity contribution in [1.29, 1.82) is 0 Å². The van der Waals surface area contributed by atoms with Crippen molar-refractivity contribution in [2.75, 3.05) is 4.72 Å². The summed E-state index contributed by atoms with van der Waals surface area (Å²) in [5.74, 6) is -1.29. The summed E-state index contributed by atoms with van der Waals surface area (Å²) in [6, 6.07) is 1.17. The molecule has 0 spiro atoms. The molecule has 2 aromatic rings. The third kappa shape index (κ3) is 2.70. The van der Waals surface area contributed by atoms with Crippen LogP contribution in [0, 0.1) is 6.92 Å². The van der Waals surface area contributed by atoms with Gasteiger partial charge in [0.2, 0.25) is 0 Å². The van der Waals surface area contributed by atoms with Crippen molar-refractivity contribution in [3.8, 4) is 0 Å². The number of hydrogen-bond acceptors (Lipinski definition) is 6. The number of carboxylic acid groups (broad SMARTS) is 1. The van der Waals surface area contributed by atoms with Gasteiger partial charge in [-0.25, -0.2) is 13.2 Å². The number of aryl methyl sites for hydroxylation is 1. The summed E-state index contributed by atoms with van der Waals surface area (Å²) in [6.45, 7) is 1.44. The fourth-order valence-electron chi connectivity index (χ4n) is 1.50. The largest absolute Gasteiger partial charge is 0.478 e. The van der Waals surface area contributed by atoms with Crippen LogP contribution in [0.2, 0.25) is 0 Å². The molecule has 8 nitrogen and oxygen atoms in total. The maximum Gasteiger partial charge on any atom is 0.337 e. The molecule has 0 bridgehead atoms. The molecule has 10 heteroatoms. The van der Waals surface area contributed by atoms with E-state index in [9.17, 15) is 18.0 Å². The van der Waals surface area contributed by atoms with Crippen LogP contribution in [-0.2, 0) is 10.0 Å². The number of anilines is 1. The maximum atomic E-state index is 12.1. The van der Waals surface area contributed by atoms with E-state index in [0.29, 0.717) is 11.3 Å². The van der Waals surface area contributed by atoms with E-state index in [1.54, 1.807) is 0 Å². The lowest BCUT2D eigenvalue weighted by molar-refractivity contribution is 0.0698. The van der Waals surface area contributed by atoms with Gasteiger partial charge in [0.25, 0.3) is 10.0 Å². The summed E-state index contributed by atoms with van der Waals surface area (Å²) >= 11 is 0.525. The first kappa shape index (κ1) is 14.2. The van der Waals surface area contributed by atoms with E-state index < -0.39 is 20.9 Å². The van der Waals surface area contributed by atoms with Crippen molar-refractivity contribution >= 4 is 33.0 Å². The number of carbonyl (C=O) groups is 1. The fraction of sp³-hybridized carbons (Fsp3) is 0.100. The number of aromatic amines is 1. The molecule has 0 amide bonds. The van der Waals surface area contributed by atoms with Crippen molar-refractivity contribution in [3.63, 3.8) is 0 Å². The van der Waals surface area contributed by atoms with Gasteiger partial charge >= 0.3 is 10.8 Å². The molecule has 3 N–H and O–H groups in total. The number of nitrogens with one attached hydrogen (secondary N) is 2. The Morgan fingerprint density at radius 1 is 1.50 bits per heavy atom. The van der Waals surface area contributed by atoms with Crippen molar-refractivity contribution < 1.29 is 18.3 Å². The van der Waals surface area contributed by atoms with Crippen molar-refractivity contribution in [2.45, 2.75) is 11.1 Å². The first-order chi connectivity index (χ1) is 9.31. The van der Waals surface area contributed by atoms with E-state index in [2.05, 4.69) is 14.7 Å². The summed E-state index contributed by atoms with van der Waals surface area (Å²) in [5.41, 5.74) is -0.211. The Balaban J connectivity index is 2.47. The van der Waals surface area contributed by atoms with E-state index >= 15 is 0 Å². The highest BCUT2D eigenvalue weighted by Gasteiger charge is 2.23. The summed E-state index contributed by atoms with van der Waals surface area (Å²) in [6.07, 6.45) is 2.33. The van der Waals surface area contributed by atoms with Gasteiger partial charge < -0.3 is 10.1 Å². The molecule has 0 aromatic carbocycles. The molecule has 0 aliphatic carbocycles. The van der Waals surface area contributed by atoms with Crippen LogP contribution < -0.4 is 9.60 Å². The molecular formula is C10H9N3O5S2. The normalized spacial score (nSPS) is 11.2. The monoisotopic (exact) mass is 315 g/mol. The predicted octanol–water partition coefficient (Wildman–Crippen LogP) is 0.639. The average molecular weight is 315 g/mol. The lowest BCUT2D eigenvalue weighted by Crippen LogP contribution is -2.15. The van der Waals surface area contributed by atoms with Crippen LogP contribution in [0.1, 0.15) is 16.1 Å². The summed E-state index contributed by atoms with van der Waals surface area (Å²) in [4.78, 5) is 27.7. The first-order valence-electron chi connectivity index (χ1n) is 5.21. The smallest absolute Gasteiger partial charge is 0.337 e. The van der Waals surface area contributed by atoms with Crippen LogP contribution in [0.4, 0.5) is 5.69 Å². The molecule has 2 heterocycles. The highest BCUT2D eigenvalue weighted by molar-refractivity contribution is 7.94. The topological polar surface area (TPSA) is 129 Å². The number of nitrogens with zero attached hydrogens (tertiary/aromatic N) is 1. The van der Waals surface area contributed by atoms with Crippen LogP contribution in [0.3, 0.4) is 0 Å². The molecule has 0 aliphatic heterocycles. The zero-order valence-electron chi connectivity index (χ0n) is 10.1. The van der Waals surface area contributed by atoms with Gasteiger partial charge in [-0.2, -0.15) is 0 Å². The Morgan fingerprint density at radius 3 is 2.75 bits per heavy atom. The minimum atomic E-state index is -4.05. The van der Waals surface area contributed by atoms with E-state index in [1.165, 1.54) is 19.2 Å². The van der Waals surface area contributed by atoms with Gasteiger partial charge in [-0.3, -0.25) is 14.5 Å². The van der Waals surface area contributed by atoms with Crippen LogP contribution >= 0.6 is 11.3 Å². The lowest BCUT2D eigenvalue weighted by atomic mass is 10.2. The third-order valence-corrected chi connectivity index (χ3v) is 5.29. The van der Waals surface area contributed by atoms with E-state index in [1.807, 2.05) is 0 Å². The molecule has 106 valence electrons. The highest BCUT2D eigenvalue weighted by atomic mass is 32.2. The summed E-state index contributed by atoms with van der Waals surface area (Å²) in [7, 11) is -4.05. The molecule has 0 atom stereocenters. The minimum Gasteiger partial charge on any atom is -0.478 e. The van der Waals surface area contributed by atoms with Crippen LogP contribution in [0.15, 0.2) is 27.5 Å². The molecule has 0 radical (unpaired) electrons. The number of carboxylic acids is 1. The fourth-order valence-corrected chi connectivity index (χ4v) is 3.87. The zero-order valence-corrected chi connectivity index (χ0v) is 11.7. The van der Waals surface area contributed by atoms with Gasteiger partial charge in [-0.1, -0.05) is 11.3 Å². The number of rotatable bonds is 4. The number of sulfonamides is 1. The summed E-state index contributed by atoms with van der Waals surface area (Å²) in [5, 5.41) is 8.98. The zero-order chi connectivity index (χ0) is 14.9. The average Bonchev–Trinajstić information content (AvgIpc) is 2.69. The molecule has 0 aliphatic rings. The number of hydrogen-bond donors (Lipinski definition) is 3. The van der Waals surface area contributed by atoms with Crippen molar-refractivity contribution in [2.24, 2.45) is 0 Å². The third-order valence-electron chi connectivity index (χ3n) is 2.32. The Labute approximate surface area is 117 Å².